The van der Waals surface area contributed by atoms with Crippen molar-refractivity contribution in [3.8, 4) is 11.5 Å². The van der Waals surface area contributed by atoms with Crippen LogP contribution in [-0.2, 0) is 17.1 Å². The van der Waals surface area contributed by atoms with Crippen molar-refractivity contribution in [3.63, 3.8) is 0 Å². The normalized spacial score (nSPS) is 9.14. The van der Waals surface area contributed by atoms with Crippen molar-refractivity contribution >= 4 is 23.5 Å². The number of hydrogen-bond acceptors (Lipinski definition) is 5. The molecule has 0 aliphatic heterocycles. The average molecular weight is 368 g/mol. The van der Waals surface area contributed by atoms with Crippen molar-refractivity contribution in [2.24, 2.45) is 10.8 Å². The fraction of sp³-hybridized carbons (Fsp3) is 0.0714. The first-order valence-corrected chi connectivity index (χ1v) is 6.35. The van der Waals surface area contributed by atoms with Crippen molar-refractivity contribution in [2.45, 2.75) is 0 Å². The van der Waals surface area contributed by atoms with Gasteiger partial charge in [0.2, 0.25) is 0 Å². The number of benzene rings is 1. The number of rotatable bonds is 3. The first kappa shape index (κ1) is 19.8. The molecule has 0 atom stereocenters. The molecule has 0 saturated heterocycles. The van der Waals surface area contributed by atoms with E-state index in [4.69, 9.17) is 10.5 Å². The number of nitrogens with zero attached hydrogens (tertiary/aromatic N) is 2. The van der Waals surface area contributed by atoms with Gasteiger partial charge in [-0.3, -0.25) is 10.4 Å². The second kappa shape index (κ2) is 11.5. The van der Waals surface area contributed by atoms with Gasteiger partial charge in [-0.25, -0.2) is 0 Å². The maximum atomic E-state index is 9.65. The predicted molar refractivity (Wildman–Crippen MR) is 86.4 cm³/mol. The van der Waals surface area contributed by atoms with Crippen LogP contribution in [0.4, 0.5) is 0 Å². The fourth-order valence-corrected chi connectivity index (χ4v) is 1.34. The van der Waals surface area contributed by atoms with Crippen molar-refractivity contribution in [3.05, 3.63) is 54.4 Å². The minimum atomic E-state index is 0. The van der Waals surface area contributed by atoms with E-state index in [2.05, 4.69) is 27.7 Å². The van der Waals surface area contributed by atoms with Crippen LogP contribution in [0.5, 0.6) is 11.5 Å². The molecule has 1 aromatic heterocycles. The number of hydrazone groups is 1. The molecule has 121 valence electrons. The number of phenols is 1. The SMILES string of the molecule is COc1cccc(/C=N/NC(N)=S)c1O.[Cu].c1ccncc1. The number of thiocarbonyl (C=S) groups is 1. The zero-order valence-corrected chi connectivity index (χ0v) is 13.5. The van der Waals surface area contributed by atoms with E-state index in [0.29, 0.717) is 11.3 Å². The number of pyridine rings is 1. The van der Waals surface area contributed by atoms with Crippen LogP contribution in [0, 0.1) is 0 Å². The summed E-state index contributed by atoms with van der Waals surface area (Å²) in [6, 6.07) is 10.8. The van der Waals surface area contributed by atoms with E-state index in [-0.39, 0.29) is 27.9 Å². The molecule has 0 aliphatic carbocycles. The molecule has 0 unspecified atom stereocenters. The number of aromatic nitrogens is 1. The molecule has 1 radical (unpaired) electrons. The summed E-state index contributed by atoms with van der Waals surface area (Å²) in [7, 11) is 1.48. The Kier molecular flexibility index (Phi) is 10.4. The molecule has 0 aliphatic rings. The molecule has 0 spiro atoms. The first-order valence-electron chi connectivity index (χ1n) is 5.94. The second-order valence-electron chi connectivity index (χ2n) is 3.66. The number of hydrogen-bond donors (Lipinski definition) is 3. The molecule has 1 heterocycles. The quantitative estimate of drug-likeness (QED) is 0.330. The van der Waals surface area contributed by atoms with Crippen LogP contribution < -0.4 is 15.9 Å². The van der Waals surface area contributed by atoms with Gasteiger partial charge in [0, 0.05) is 35.0 Å². The predicted octanol–water partition coefficient (Wildman–Crippen LogP) is 1.65. The summed E-state index contributed by atoms with van der Waals surface area (Å²) in [5.41, 5.74) is 8.07. The number of phenolic OH excluding ortho intramolecular Hbond substituents is 1. The van der Waals surface area contributed by atoms with Gasteiger partial charge in [0.15, 0.2) is 16.6 Å². The topological polar surface area (TPSA) is 92.8 Å². The third-order valence-electron chi connectivity index (χ3n) is 2.19. The molecule has 0 saturated carbocycles. The van der Waals surface area contributed by atoms with Crippen LogP contribution in [0.25, 0.3) is 0 Å². The third-order valence-corrected chi connectivity index (χ3v) is 2.29. The number of nitrogens with one attached hydrogen (secondary N) is 1. The summed E-state index contributed by atoms with van der Waals surface area (Å²) in [4.78, 5) is 3.78. The van der Waals surface area contributed by atoms with Gasteiger partial charge in [0.05, 0.1) is 13.3 Å². The van der Waals surface area contributed by atoms with Gasteiger partial charge < -0.3 is 15.6 Å². The minimum Gasteiger partial charge on any atom is -0.504 e. The van der Waals surface area contributed by atoms with Crippen LogP contribution in [0.3, 0.4) is 0 Å². The molecule has 4 N–H and O–H groups in total. The summed E-state index contributed by atoms with van der Waals surface area (Å²) in [6.45, 7) is 0. The Labute approximate surface area is 144 Å². The van der Waals surface area contributed by atoms with Crippen LogP contribution in [0.15, 0.2) is 53.9 Å². The van der Waals surface area contributed by atoms with Crippen molar-refractivity contribution < 1.29 is 26.9 Å². The van der Waals surface area contributed by atoms with Gasteiger partial charge in [-0.15, -0.1) is 0 Å². The molecule has 0 amide bonds. The van der Waals surface area contributed by atoms with E-state index in [0.717, 1.165) is 0 Å². The zero-order valence-electron chi connectivity index (χ0n) is 11.7. The minimum absolute atomic E-state index is 0. The molecule has 2 aromatic rings. The Hall–Kier alpha value is -2.15. The summed E-state index contributed by atoms with van der Waals surface area (Å²) in [6.07, 6.45) is 4.90. The number of ether oxygens (including phenoxy) is 1. The monoisotopic (exact) mass is 367 g/mol. The van der Waals surface area contributed by atoms with Crippen molar-refractivity contribution in [1.29, 1.82) is 0 Å². The van der Waals surface area contributed by atoms with Crippen molar-refractivity contribution in [2.75, 3.05) is 7.11 Å². The molecule has 0 fully saturated rings. The Balaban J connectivity index is 0.000000529. The van der Waals surface area contributed by atoms with Crippen LogP contribution >= 0.6 is 12.2 Å². The summed E-state index contributed by atoms with van der Waals surface area (Å²) in [5.74, 6) is 0.405. The Morgan fingerprint density at radius 3 is 2.45 bits per heavy atom. The van der Waals surface area contributed by atoms with Crippen LogP contribution in [-0.4, -0.2) is 28.5 Å². The molecule has 2 rings (SSSR count). The molecule has 1 aromatic carbocycles. The fourth-order valence-electron chi connectivity index (χ4n) is 1.29. The van der Waals surface area contributed by atoms with E-state index in [1.54, 1.807) is 30.6 Å². The van der Waals surface area contributed by atoms with Gasteiger partial charge in [-0.1, -0.05) is 12.1 Å². The van der Waals surface area contributed by atoms with Crippen LogP contribution in [0.1, 0.15) is 5.56 Å². The molecule has 0 bridgehead atoms. The average Bonchev–Trinajstić information content (AvgIpc) is 2.51. The van der Waals surface area contributed by atoms with Crippen LogP contribution in [0.2, 0.25) is 0 Å². The Morgan fingerprint density at radius 1 is 1.32 bits per heavy atom. The second-order valence-corrected chi connectivity index (χ2v) is 4.10. The van der Waals surface area contributed by atoms with Gasteiger partial charge in [0.1, 0.15) is 0 Å². The summed E-state index contributed by atoms with van der Waals surface area (Å²) in [5, 5.41) is 13.4. The number of para-hydroxylation sites is 1. The van der Waals surface area contributed by atoms with Gasteiger partial charge in [0.25, 0.3) is 0 Å². The van der Waals surface area contributed by atoms with E-state index in [9.17, 15) is 5.11 Å². The zero-order chi connectivity index (χ0) is 15.5. The van der Waals surface area contributed by atoms with Gasteiger partial charge in [-0.2, -0.15) is 5.10 Å². The molecular formula is C14H16CuN4O2S. The van der Waals surface area contributed by atoms with E-state index < -0.39 is 0 Å². The Morgan fingerprint density at radius 2 is 2.00 bits per heavy atom. The van der Waals surface area contributed by atoms with Gasteiger partial charge >= 0.3 is 0 Å². The molecule has 8 heteroatoms. The molecule has 6 nitrogen and oxygen atoms in total. The van der Waals surface area contributed by atoms with Gasteiger partial charge in [-0.05, 0) is 36.5 Å². The first-order chi connectivity index (χ1) is 10.1. The van der Waals surface area contributed by atoms with E-state index in [1.807, 2.05) is 18.2 Å². The number of aromatic hydroxyl groups is 1. The summed E-state index contributed by atoms with van der Waals surface area (Å²) >= 11 is 4.56. The Bertz CT molecular complexity index is 570. The molecular weight excluding hydrogens is 352 g/mol. The number of nitrogens with two attached hydrogens (primary N) is 1. The maximum Gasteiger partial charge on any atom is 0.184 e. The van der Waals surface area contributed by atoms with E-state index >= 15 is 0 Å². The summed E-state index contributed by atoms with van der Waals surface area (Å²) < 4.78 is 4.93. The van der Waals surface area contributed by atoms with E-state index in [1.165, 1.54) is 13.3 Å². The van der Waals surface area contributed by atoms with Crippen molar-refractivity contribution in [1.82, 2.24) is 10.4 Å². The maximum absolute atomic E-state index is 9.65. The largest absolute Gasteiger partial charge is 0.504 e. The third kappa shape index (κ3) is 7.58. The molecule has 22 heavy (non-hydrogen) atoms. The smallest absolute Gasteiger partial charge is 0.184 e. The number of methoxy groups -OCH3 is 1. The standard InChI is InChI=1S/C9H11N3O2S.C5H5N.Cu/c1-14-7-4-2-3-6(8(7)13)5-11-12-9(10)15;1-2-4-6-5-3-1;/h2-5,13H,1H3,(H3,10,12,15);1-5H;/b11-5+;;.